The Kier molecular flexibility index (Phi) is 5.15. The third kappa shape index (κ3) is 3.68. The van der Waals surface area contributed by atoms with E-state index < -0.39 is 47.0 Å². The summed E-state index contributed by atoms with van der Waals surface area (Å²) in [5, 5.41) is 21.7. The number of carboxylic acid groups (broad SMARTS) is 1. The molecule has 1 aromatic heterocycles. The van der Waals surface area contributed by atoms with Crippen molar-refractivity contribution in [3.63, 3.8) is 0 Å². The number of hydrogen-bond acceptors (Lipinski definition) is 4. The second-order valence-electron chi connectivity index (χ2n) is 7.55. The summed E-state index contributed by atoms with van der Waals surface area (Å²) in [7, 11) is 0. The quantitative estimate of drug-likeness (QED) is 0.571. The van der Waals surface area contributed by atoms with Crippen molar-refractivity contribution >= 4 is 22.8 Å². The molecule has 0 aliphatic carbocycles. The molecule has 1 aliphatic heterocycles. The van der Waals surface area contributed by atoms with Crippen molar-refractivity contribution in [2.45, 2.75) is 25.1 Å². The molecular formula is C22H17F3N2O5. The van der Waals surface area contributed by atoms with Gasteiger partial charge in [0, 0.05) is 17.8 Å². The van der Waals surface area contributed by atoms with Crippen LogP contribution < -0.4 is 10.9 Å². The van der Waals surface area contributed by atoms with Gasteiger partial charge >= 0.3 is 12.1 Å². The van der Waals surface area contributed by atoms with E-state index >= 15 is 0 Å². The Morgan fingerprint density at radius 2 is 1.81 bits per heavy atom. The summed E-state index contributed by atoms with van der Waals surface area (Å²) in [5.41, 5.74) is -0.432. The smallest absolute Gasteiger partial charge is 0.416 e. The molecule has 0 saturated heterocycles. The van der Waals surface area contributed by atoms with Crippen LogP contribution in [0, 0.1) is 0 Å². The second-order valence-corrected chi connectivity index (χ2v) is 7.55. The van der Waals surface area contributed by atoms with Gasteiger partial charge in [0.05, 0.1) is 11.1 Å². The molecular weight excluding hydrogens is 429 g/mol. The van der Waals surface area contributed by atoms with Crippen molar-refractivity contribution in [1.29, 1.82) is 0 Å². The van der Waals surface area contributed by atoms with Crippen LogP contribution in [0.4, 0.5) is 13.2 Å². The minimum Gasteiger partial charge on any atom is -0.506 e. The van der Waals surface area contributed by atoms with Crippen molar-refractivity contribution in [3.05, 3.63) is 75.1 Å². The predicted molar refractivity (Wildman–Crippen MR) is 108 cm³/mol. The molecule has 3 aromatic rings. The zero-order chi connectivity index (χ0) is 23.2. The number of aliphatic carboxylic acids is 1. The summed E-state index contributed by atoms with van der Waals surface area (Å²) in [6.07, 6.45) is -4.04. The molecule has 1 amide bonds. The van der Waals surface area contributed by atoms with Crippen LogP contribution in [0.3, 0.4) is 0 Å². The number of benzene rings is 2. The number of pyridine rings is 1. The second kappa shape index (κ2) is 7.70. The number of carbonyl (C=O) groups is 2. The van der Waals surface area contributed by atoms with Crippen LogP contribution in [0.15, 0.2) is 47.3 Å². The van der Waals surface area contributed by atoms with E-state index in [0.717, 1.165) is 12.1 Å². The van der Waals surface area contributed by atoms with Crippen LogP contribution in [0.25, 0.3) is 10.9 Å². The van der Waals surface area contributed by atoms with Gasteiger partial charge in [-0.1, -0.05) is 24.3 Å². The van der Waals surface area contributed by atoms with E-state index in [1.807, 2.05) is 0 Å². The van der Waals surface area contributed by atoms with Crippen LogP contribution >= 0.6 is 0 Å². The number of halogens is 3. The molecule has 4 rings (SSSR count). The third-order valence-electron chi connectivity index (χ3n) is 5.55. The summed E-state index contributed by atoms with van der Waals surface area (Å²) >= 11 is 0. The van der Waals surface area contributed by atoms with Gasteiger partial charge in [0.15, 0.2) is 0 Å². The molecule has 1 atom stereocenters. The van der Waals surface area contributed by atoms with Crippen molar-refractivity contribution in [3.8, 4) is 5.75 Å². The van der Waals surface area contributed by atoms with Crippen molar-refractivity contribution in [1.82, 2.24) is 9.88 Å². The molecule has 166 valence electrons. The van der Waals surface area contributed by atoms with Gasteiger partial charge in [0.1, 0.15) is 17.9 Å². The van der Waals surface area contributed by atoms with E-state index in [9.17, 15) is 32.7 Å². The van der Waals surface area contributed by atoms with Gasteiger partial charge in [0.25, 0.3) is 11.5 Å². The molecule has 1 aliphatic rings. The minimum atomic E-state index is -4.46. The standard InChI is InChI=1S/C22H17F3N2O5/c23-22(24,25)14-6-4-11(5-7-14)13-8-12-2-1-3-15-18(12)27(10-13)21(32)17(19(15)30)20(31)26-9-16(28)29/h1-7,13,30H,8-10H2,(H,26,31)(H,28,29). The van der Waals surface area contributed by atoms with E-state index in [0.29, 0.717) is 23.1 Å². The van der Waals surface area contributed by atoms with E-state index in [1.54, 1.807) is 12.1 Å². The predicted octanol–water partition coefficient (Wildman–Crippen LogP) is 2.88. The number of nitrogens with one attached hydrogen (secondary N) is 1. The number of carbonyl (C=O) groups excluding carboxylic acids is 1. The maximum atomic E-state index is 13.1. The lowest BCUT2D eigenvalue weighted by molar-refractivity contribution is -0.138. The molecule has 0 fully saturated rings. The summed E-state index contributed by atoms with van der Waals surface area (Å²) in [6, 6.07) is 9.62. The number of nitrogens with zero attached hydrogens (tertiary/aromatic N) is 1. The lowest BCUT2D eigenvalue weighted by atomic mass is 9.87. The van der Waals surface area contributed by atoms with Gasteiger partial charge in [0.2, 0.25) is 0 Å². The highest BCUT2D eigenvalue weighted by atomic mass is 19.4. The van der Waals surface area contributed by atoms with E-state index in [4.69, 9.17) is 5.11 Å². The fourth-order valence-electron chi connectivity index (χ4n) is 4.08. The molecule has 32 heavy (non-hydrogen) atoms. The Hall–Kier alpha value is -3.82. The molecule has 7 nitrogen and oxygen atoms in total. The van der Waals surface area contributed by atoms with Gasteiger partial charge in [-0.25, -0.2) is 0 Å². The van der Waals surface area contributed by atoms with Gasteiger partial charge in [-0.15, -0.1) is 0 Å². The van der Waals surface area contributed by atoms with Gasteiger partial charge in [-0.2, -0.15) is 13.2 Å². The number of aromatic nitrogens is 1. The third-order valence-corrected chi connectivity index (χ3v) is 5.55. The monoisotopic (exact) mass is 446 g/mol. The average Bonchev–Trinajstić information content (AvgIpc) is 2.75. The first-order valence-electron chi connectivity index (χ1n) is 9.62. The number of carboxylic acids is 1. The first kappa shape index (κ1) is 21.4. The highest BCUT2D eigenvalue weighted by Gasteiger charge is 2.32. The molecule has 1 unspecified atom stereocenters. The molecule has 0 radical (unpaired) electrons. The van der Waals surface area contributed by atoms with Gasteiger partial charge in [-0.05, 0) is 35.7 Å². The van der Waals surface area contributed by atoms with E-state index in [-0.39, 0.29) is 17.8 Å². The van der Waals surface area contributed by atoms with Crippen LogP contribution in [0.2, 0.25) is 0 Å². The Morgan fingerprint density at radius 3 is 2.44 bits per heavy atom. The molecule has 3 N–H and O–H groups in total. The Bertz CT molecular complexity index is 1300. The number of aromatic hydroxyl groups is 1. The fraction of sp³-hybridized carbons (Fsp3) is 0.227. The van der Waals surface area contributed by atoms with Crippen LogP contribution in [-0.2, 0) is 23.9 Å². The topological polar surface area (TPSA) is 109 Å². The number of alkyl halides is 3. The van der Waals surface area contributed by atoms with Gasteiger partial charge < -0.3 is 20.1 Å². The SMILES string of the molecule is O=C(O)CNC(=O)c1c(O)c2cccc3c2n(c1=O)CC(c1ccc(C(F)(F)F)cc1)C3. The van der Waals surface area contributed by atoms with Crippen LogP contribution in [0.1, 0.15) is 33.0 Å². The fourth-order valence-corrected chi connectivity index (χ4v) is 4.08. The summed E-state index contributed by atoms with van der Waals surface area (Å²) in [4.78, 5) is 36.3. The normalized spacial score (nSPS) is 15.5. The summed E-state index contributed by atoms with van der Waals surface area (Å²) < 4.78 is 40.0. The lowest BCUT2D eigenvalue weighted by Crippen LogP contribution is -2.37. The van der Waals surface area contributed by atoms with Crippen molar-refractivity contribution in [2.24, 2.45) is 0 Å². The summed E-state index contributed by atoms with van der Waals surface area (Å²) in [6.45, 7) is -0.652. The highest BCUT2D eigenvalue weighted by Crippen LogP contribution is 2.37. The van der Waals surface area contributed by atoms with Crippen molar-refractivity contribution in [2.75, 3.05) is 6.54 Å². The van der Waals surface area contributed by atoms with Crippen LogP contribution in [-0.4, -0.2) is 33.2 Å². The Labute approximate surface area is 178 Å². The average molecular weight is 446 g/mol. The molecule has 0 bridgehead atoms. The Morgan fingerprint density at radius 1 is 1.12 bits per heavy atom. The molecule has 0 saturated carbocycles. The first-order valence-corrected chi connectivity index (χ1v) is 9.62. The molecule has 2 aromatic carbocycles. The summed E-state index contributed by atoms with van der Waals surface area (Å²) in [5.74, 6) is -3.22. The maximum absolute atomic E-state index is 13.1. The lowest BCUT2D eigenvalue weighted by Gasteiger charge is -2.28. The number of hydrogen-bond donors (Lipinski definition) is 3. The zero-order valence-corrected chi connectivity index (χ0v) is 16.4. The zero-order valence-electron chi connectivity index (χ0n) is 16.4. The molecule has 0 spiro atoms. The molecule has 2 heterocycles. The highest BCUT2D eigenvalue weighted by molar-refractivity contribution is 6.03. The van der Waals surface area contributed by atoms with Crippen LogP contribution in [0.5, 0.6) is 5.75 Å². The first-order chi connectivity index (χ1) is 15.1. The largest absolute Gasteiger partial charge is 0.506 e. The maximum Gasteiger partial charge on any atom is 0.416 e. The number of para-hydroxylation sites is 1. The van der Waals surface area contributed by atoms with E-state index in [1.165, 1.54) is 22.8 Å². The Balaban J connectivity index is 1.79. The minimum absolute atomic E-state index is 0.0806. The van der Waals surface area contributed by atoms with E-state index in [2.05, 4.69) is 5.32 Å². The van der Waals surface area contributed by atoms with Crippen molar-refractivity contribution < 1.29 is 33.0 Å². The number of amides is 1. The molecule has 10 heteroatoms. The van der Waals surface area contributed by atoms with Gasteiger partial charge in [-0.3, -0.25) is 14.4 Å². The number of rotatable bonds is 4.